The highest BCUT2D eigenvalue weighted by atomic mass is 35.5. The Balaban J connectivity index is 2.03. The summed E-state index contributed by atoms with van der Waals surface area (Å²) < 4.78 is 16.1. The van der Waals surface area contributed by atoms with Gasteiger partial charge < -0.3 is 24.8 Å². The summed E-state index contributed by atoms with van der Waals surface area (Å²) in [5.74, 6) is 1.92. The average molecular weight is 378 g/mol. The number of hydrogen-bond donors (Lipinski definition) is 2. The van der Waals surface area contributed by atoms with E-state index in [9.17, 15) is 0 Å². The molecule has 0 fully saturated rings. The molecule has 140 valence electrons. The average Bonchev–Trinajstić information content (AvgIpc) is 2.67. The SMILES string of the molecule is CN=C(NCC(OC)c1cccc(Cl)c1)Nc1ccc(OC)c(OC)c1. The van der Waals surface area contributed by atoms with Gasteiger partial charge >= 0.3 is 0 Å². The molecule has 1 atom stereocenters. The fraction of sp³-hybridized carbons (Fsp3) is 0.316. The molecule has 0 aliphatic heterocycles. The molecule has 0 saturated carbocycles. The Kier molecular flexibility index (Phi) is 7.56. The standard InChI is InChI=1S/C19H24ClN3O3/c1-21-19(23-15-8-9-16(24-2)17(11-15)25-3)22-12-18(26-4)13-6-5-7-14(20)10-13/h5-11,18H,12H2,1-4H3,(H2,21,22,23). The first kappa shape index (κ1) is 19.9. The first-order chi connectivity index (χ1) is 12.6. The third kappa shape index (κ3) is 5.28. The summed E-state index contributed by atoms with van der Waals surface area (Å²) in [6, 6.07) is 13.2. The number of halogens is 1. The van der Waals surface area contributed by atoms with Crippen molar-refractivity contribution in [2.45, 2.75) is 6.10 Å². The molecule has 0 amide bonds. The molecular weight excluding hydrogens is 354 g/mol. The Bertz CT molecular complexity index is 753. The quantitative estimate of drug-likeness (QED) is 0.568. The van der Waals surface area contributed by atoms with Crippen LogP contribution in [0, 0.1) is 0 Å². The highest BCUT2D eigenvalue weighted by Crippen LogP contribution is 2.29. The van der Waals surface area contributed by atoms with E-state index >= 15 is 0 Å². The van der Waals surface area contributed by atoms with Crippen LogP contribution in [0.1, 0.15) is 11.7 Å². The number of nitrogens with one attached hydrogen (secondary N) is 2. The van der Waals surface area contributed by atoms with Gasteiger partial charge in [0, 0.05) is 37.5 Å². The number of ether oxygens (including phenoxy) is 3. The van der Waals surface area contributed by atoms with Gasteiger partial charge in [0.2, 0.25) is 0 Å². The van der Waals surface area contributed by atoms with Crippen LogP contribution in [0.25, 0.3) is 0 Å². The Morgan fingerprint density at radius 3 is 2.46 bits per heavy atom. The second-order valence-electron chi connectivity index (χ2n) is 5.43. The first-order valence-electron chi connectivity index (χ1n) is 8.09. The van der Waals surface area contributed by atoms with Crippen LogP contribution < -0.4 is 20.1 Å². The van der Waals surface area contributed by atoms with Crippen LogP contribution in [0.2, 0.25) is 5.02 Å². The van der Waals surface area contributed by atoms with E-state index in [2.05, 4.69) is 15.6 Å². The van der Waals surface area contributed by atoms with Crippen molar-refractivity contribution in [2.75, 3.05) is 40.2 Å². The van der Waals surface area contributed by atoms with Gasteiger partial charge in [-0.15, -0.1) is 0 Å². The van der Waals surface area contributed by atoms with Gasteiger partial charge in [0.15, 0.2) is 17.5 Å². The van der Waals surface area contributed by atoms with E-state index in [-0.39, 0.29) is 6.10 Å². The number of guanidine groups is 1. The van der Waals surface area contributed by atoms with Crippen molar-refractivity contribution in [2.24, 2.45) is 4.99 Å². The minimum atomic E-state index is -0.155. The second kappa shape index (κ2) is 9.89. The van der Waals surface area contributed by atoms with Crippen molar-refractivity contribution < 1.29 is 14.2 Å². The van der Waals surface area contributed by atoms with Gasteiger partial charge in [0.25, 0.3) is 0 Å². The fourth-order valence-corrected chi connectivity index (χ4v) is 2.66. The summed E-state index contributed by atoms with van der Waals surface area (Å²) in [4.78, 5) is 4.24. The number of aliphatic imine (C=N–C) groups is 1. The number of nitrogens with zero attached hydrogens (tertiary/aromatic N) is 1. The number of methoxy groups -OCH3 is 3. The van der Waals surface area contributed by atoms with Gasteiger partial charge in [-0.3, -0.25) is 4.99 Å². The molecule has 2 rings (SSSR count). The summed E-state index contributed by atoms with van der Waals surface area (Å²) >= 11 is 6.06. The highest BCUT2D eigenvalue weighted by Gasteiger charge is 2.12. The fourth-order valence-electron chi connectivity index (χ4n) is 2.46. The maximum atomic E-state index is 6.06. The summed E-state index contributed by atoms with van der Waals surface area (Å²) in [6.45, 7) is 0.532. The van der Waals surface area contributed by atoms with Crippen molar-refractivity contribution >= 4 is 23.2 Å². The highest BCUT2D eigenvalue weighted by molar-refractivity contribution is 6.30. The lowest BCUT2D eigenvalue weighted by atomic mass is 10.1. The molecule has 0 radical (unpaired) electrons. The van der Waals surface area contributed by atoms with Gasteiger partial charge in [0.1, 0.15) is 0 Å². The van der Waals surface area contributed by atoms with E-state index in [4.69, 9.17) is 25.8 Å². The summed E-state index contributed by atoms with van der Waals surface area (Å²) in [5, 5.41) is 7.15. The topological polar surface area (TPSA) is 64.1 Å². The zero-order valence-electron chi connectivity index (χ0n) is 15.4. The third-order valence-electron chi connectivity index (χ3n) is 3.83. The lowest BCUT2D eigenvalue weighted by Gasteiger charge is -2.19. The van der Waals surface area contributed by atoms with Crippen LogP contribution >= 0.6 is 11.6 Å². The monoisotopic (exact) mass is 377 g/mol. The predicted octanol–water partition coefficient (Wildman–Crippen LogP) is 3.73. The van der Waals surface area contributed by atoms with Crippen molar-refractivity contribution in [1.29, 1.82) is 0 Å². The van der Waals surface area contributed by atoms with E-state index in [0.717, 1.165) is 11.3 Å². The van der Waals surface area contributed by atoms with Gasteiger partial charge in [-0.25, -0.2) is 0 Å². The lowest BCUT2D eigenvalue weighted by Crippen LogP contribution is -2.34. The molecule has 6 nitrogen and oxygen atoms in total. The molecular formula is C19H24ClN3O3. The van der Waals surface area contributed by atoms with E-state index in [1.165, 1.54) is 0 Å². The maximum Gasteiger partial charge on any atom is 0.195 e. The van der Waals surface area contributed by atoms with Crippen LogP contribution in [0.3, 0.4) is 0 Å². The summed E-state index contributed by atoms with van der Waals surface area (Å²) in [6.07, 6.45) is -0.155. The van der Waals surface area contributed by atoms with Gasteiger partial charge in [-0.1, -0.05) is 23.7 Å². The van der Waals surface area contributed by atoms with Crippen LogP contribution in [0.5, 0.6) is 11.5 Å². The molecule has 0 aromatic heterocycles. The second-order valence-corrected chi connectivity index (χ2v) is 5.86. The zero-order valence-corrected chi connectivity index (χ0v) is 16.1. The van der Waals surface area contributed by atoms with E-state index in [1.807, 2.05) is 42.5 Å². The molecule has 1 unspecified atom stereocenters. The van der Waals surface area contributed by atoms with Crippen molar-refractivity contribution in [3.8, 4) is 11.5 Å². The zero-order chi connectivity index (χ0) is 18.9. The minimum absolute atomic E-state index is 0.155. The Hall–Kier alpha value is -2.44. The predicted molar refractivity (Wildman–Crippen MR) is 106 cm³/mol. The third-order valence-corrected chi connectivity index (χ3v) is 4.06. The number of rotatable bonds is 7. The molecule has 2 aromatic carbocycles. The minimum Gasteiger partial charge on any atom is -0.493 e. The summed E-state index contributed by atoms with van der Waals surface area (Å²) in [7, 11) is 6.57. The maximum absolute atomic E-state index is 6.06. The van der Waals surface area contributed by atoms with Crippen molar-refractivity contribution in [3.05, 3.63) is 53.1 Å². The van der Waals surface area contributed by atoms with Gasteiger partial charge in [-0.05, 0) is 29.8 Å². The van der Waals surface area contributed by atoms with Crippen molar-refractivity contribution in [1.82, 2.24) is 5.32 Å². The Labute approximate surface area is 159 Å². The van der Waals surface area contributed by atoms with Crippen LogP contribution in [-0.4, -0.2) is 40.9 Å². The van der Waals surface area contributed by atoms with Crippen molar-refractivity contribution in [3.63, 3.8) is 0 Å². The normalized spacial score (nSPS) is 12.4. The Morgan fingerprint density at radius 2 is 1.85 bits per heavy atom. The molecule has 0 aliphatic rings. The smallest absolute Gasteiger partial charge is 0.195 e. The van der Waals surface area contributed by atoms with E-state index < -0.39 is 0 Å². The number of anilines is 1. The Morgan fingerprint density at radius 1 is 1.08 bits per heavy atom. The molecule has 0 bridgehead atoms. The largest absolute Gasteiger partial charge is 0.493 e. The first-order valence-corrected chi connectivity index (χ1v) is 8.47. The van der Waals surface area contributed by atoms with E-state index in [0.29, 0.717) is 29.0 Å². The molecule has 0 heterocycles. The van der Waals surface area contributed by atoms with E-state index in [1.54, 1.807) is 28.4 Å². The van der Waals surface area contributed by atoms with Gasteiger partial charge in [-0.2, -0.15) is 0 Å². The molecule has 0 saturated heterocycles. The molecule has 7 heteroatoms. The van der Waals surface area contributed by atoms with Crippen LogP contribution in [0.15, 0.2) is 47.5 Å². The van der Waals surface area contributed by atoms with Gasteiger partial charge in [0.05, 0.1) is 20.3 Å². The molecule has 26 heavy (non-hydrogen) atoms. The molecule has 0 spiro atoms. The number of benzene rings is 2. The van der Waals surface area contributed by atoms with Crippen LogP contribution in [0.4, 0.5) is 5.69 Å². The molecule has 2 aromatic rings. The van der Waals surface area contributed by atoms with Crippen LogP contribution in [-0.2, 0) is 4.74 Å². The number of hydrogen-bond acceptors (Lipinski definition) is 4. The molecule has 0 aliphatic carbocycles. The lowest BCUT2D eigenvalue weighted by molar-refractivity contribution is 0.106. The summed E-state index contributed by atoms with van der Waals surface area (Å²) in [5.41, 5.74) is 1.82. The molecule has 2 N–H and O–H groups in total.